The fourth-order valence-electron chi connectivity index (χ4n) is 3.44. The van der Waals surface area contributed by atoms with Crippen molar-refractivity contribution in [1.29, 1.82) is 0 Å². The standard InChI is InChI=1S/C21H31N5O/c1-5-22-21(24-14-18-13-19(15(2)3)25-27-18)23-10-11-26-16(4)12-17-8-6-7-9-20(17)26/h6-9,13,15-16H,5,10-12,14H2,1-4H3,(H2,22,23,24). The number of nitrogens with one attached hydrogen (secondary N) is 2. The quantitative estimate of drug-likeness (QED) is 0.579. The van der Waals surface area contributed by atoms with Crippen molar-refractivity contribution in [3.05, 3.63) is 47.3 Å². The van der Waals surface area contributed by atoms with Gasteiger partial charge in [0.1, 0.15) is 6.54 Å². The zero-order chi connectivity index (χ0) is 19.2. The molecule has 0 saturated heterocycles. The highest BCUT2D eigenvalue weighted by Crippen LogP contribution is 2.31. The van der Waals surface area contributed by atoms with Gasteiger partial charge in [0.15, 0.2) is 11.7 Å². The second-order valence-corrected chi connectivity index (χ2v) is 7.37. The van der Waals surface area contributed by atoms with Crippen LogP contribution in [0.1, 0.15) is 50.6 Å². The number of hydrogen-bond acceptors (Lipinski definition) is 4. The second-order valence-electron chi connectivity index (χ2n) is 7.37. The minimum absolute atomic E-state index is 0.364. The van der Waals surface area contributed by atoms with Crippen molar-refractivity contribution in [2.45, 2.75) is 52.6 Å². The van der Waals surface area contributed by atoms with E-state index < -0.39 is 0 Å². The molecule has 1 aromatic carbocycles. The van der Waals surface area contributed by atoms with Crippen molar-refractivity contribution >= 4 is 11.6 Å². The summed E-state index contributed by atoms with van der Waals surface area (Å²) < 4.78 is 5.37. The molecule has 1 unspecified atom stereocenters. The summed E-state index contributed by atoms with van der Waals surface area (Å²) in [5.41, 5.74) is 3.77. The van der Waals surface area contributed by atoms with Crippen molar-refractivity contribution < 1.29 is 4.52 Å². The number of guanidine groups is 1. The number of anilines is 1. The van der Waals surface area contributed by atoms with Gasteiger partial charge in [-0.15, -0.1) is 0 Å². The van der Waals surface area contributed by atoms with Crippen molar-refractivity contribution in [3.63, 3.8) is 0 Å². The molecular weight excluding hydrogens is 338 g/mol. The summed E-state index contributed by atoms with van der Waals surface area (Å²) in [7, 11) is 0. The van der Waals surface area contributed by atoms with Crippen molar-refractivity contribution in [2.75, 3.05) is 24.5 Å². The minimum Gasteiger partial charge on any atom is -0.367 e. The Hall–Kier alpha value is -2.50. The van der Waals surface area contributed by atoms with E-state index >= 15 is 0 Å². The molecule has 0 bridgehead atoms. The molecule has 1 aromatic heterocycles. The van der Waals surface area contributed by atoms with E-state index in [4.69, 9.17) is 4.52 Å². The highest BCUT2D eigenvalue weighted by atomic mass is 16.5. The van der Waals surface area contributed by atoms with Gasteiger partial charge in [0, 0.05) is 37.4 Å². The summed E-state index contributed by atoms with van der Waals surface area (Å²) in [6.07, 6.45) is 1.12. The predicted octanol–water partition coefficient (Wildman–Crippen LogP) is 3.30. The Kier molecular flexibility index (Phi) is 6.37. The number of aromatic nitrogens is 1. The average molecular weight is 370 g/mol. The van der Waals surface area contributed by atoms with Gasteiger partial charge in [-0.3, -0.25) is 0 Å². The third kappa shape index (κ3) is 4.81. The van der Waals surface area contributed by atoms with Crippen molar-refractivity contribution in [3.8, 4) is 0 Å². The first-order valence-corrected chi connectivity index (χ1v) is 9.90. The second kappa shape index (κ2) is 8.93. The maximum absolute atomic E-state index is 5.37. The molecular formula is C21H31N5O. The molecule has 0 aliphatic carbocycles. The molecule has 1 aliphatic heterocycles. The number of hydrogen-bond donors (Lipinski definition) is 2. The van der Waals surface area contributed by atoms with Gasteiger partial charge in [-0.1, -0.05) is 37.2 Å². The van der Waals surface area contributed by atoms with E-state index in [1.54, 1.807) is 0 Å². The smallest absolute Gasteiger partial charge is 0.191 e. The lowest BCUT2D eigenvalue weighted by atomic mass is 10.1. The van der Waals surface area contributed by atoms with Gasteiger partial charge >= 0.3 is 0 Å². The van der Waals surface area contributed by atoms with Crippen LogP contribution in [-0.4, -0.2) is 36.8 Å². The van der Waals surface area contributed by atoms with Gasteiger partial charge in [0.05, 0.1) is 5.69 Å². The number of aliphatic imine (C=N–C) groups is 1. The average Bonchev–Trinajstić information content (AvgIpc) is 3.24. The van der Waals surface area contributed by atoms with Crippen LogP contribution < -0.4 is 15.5 Å². The maximum Gasteiger partial charge on any atom is 0.191 e. The monoisotopic (exact) mass is 369 g/mol. The Morgan fingerprint density at radius 3 is 2.89 bits per heavy atom. The van der Waals surface area contributed by atoms with Crippen LogP contribution in [0.25, 0.3) is 0 Å². The summed E-state index contributed by atoms with van der Waals surface area (Å²) in [6.45, 7) is 11.7. The Labute approximate surface area is 162 Å². The number of benzene rings is 1. The zero-order valence-corrected chi connectivity index (χ0v) is 16.8. The van der Waals surface area contributed by atoms with Gasteiger partial charge in [0.2, 0.25) is 0 Å². The molecule has 2 N–H and O–H groups in total. The van der Waals surface area contributed by atoms with Gasteiger partial charge in [-0.25, -0.2) is 4.99 Å². The lowest BCUT2D eigenvalue weighted by molar-refractivity contribution is 0.376. The predicted molar refractivity (Wildman–Crippen MR) is 110 cm³/mol. The van der Waals surface area contributed by atoms with Crippen molar-refractivity contribution in [1.82, 2.24) is 15.8 Å². The lowest BCUT2D eigenvalue weighted by Crippen LogP contribution is -2.42. The molecule has 2 aromatic rings. The van der Waals surface area contributed by atoms with Gasteiger partial charge in [0.25, 0.3) is 0 Å². The topological polar surface area (TPSA) is 65.7 Å². The molecule has 0 amide bonds. The van der Waals surface area contributed by atoms with Gasteiger partial charge in [-0.05, 0) is 37.8 Å². The molecule has 146 valence electrons. The van der Waals surface area contributed by atoms with Crippen LogP contribution in [-0.2, 0) is 13.0 Å². The summed E-state index contributed by atoms with van der Waals surface area (Å²) in [5, 5.41) is 10.8. The van der Waals surface area contributed by atoms with Crippen LogP contribution in [0.2, 0.25) is 0 Å². The first-order valence-electron chi connectivity index (χ1n) is 9.90. The normalized spacial score (nSPS) is 16.7. The highest BCUT2D eigenvalue weighted by Gasteiger charge is 2.24. The van der Waals surface area contributed by atoms with Gasteiger partial charge in [-0.2, -0.15) is 0 Å². The van der Waals surface area contributed by atoms with E-state index in [-0.39, 0.29) is 0 Å². The summed E-state index contributed by atoms with van der Waals surface area (Å²) >= 11 is 0. The highest BCUT2D eigenvalue weighted by molar-refractivity contribution is 5.79. The fraction of sp³-hybridized carbons (Fsp3) is 0.524. The molecule has 27 heavy (non-hydrogen) atoms. The van der Waals surface area contributed by atoms with Crippen molar-refractivity contribution in [2.24, 2.45) is 4.99 Å². The van der Waals surface area contributed by atoms with Gasteiger partial charge < -0.3 is 20.1 Å². The molecule has 6 nitrogen and oxygen atoms in total. The molecule has 0 spiro atoms. The molecule has 6 heteroatoms. The number of rotatable bonds is 7. The van der Waals surface area contributed by atoms with Crippen LogP contribution in [0.15, 0.2) is 39.8 Å². The SMILES string of the molecule is CCNC(=NCc1cc(C(C)C)no1)NCCN1c2ccccc2CC1C. The largest absolute Gasteiger partial charge is 0.367 e. The molecule has 1 atom stereocenters. The summed E-state index contributed by atoms with van der Waals surface area (Å²) in [4.78, 5) is 7.10. The first kappa shape index (κ1) is 19.3. The van der Waals surface area contributed by atoms with Crippen LogP contribution >= 0.6 is 0 Å². The number of fused-ring (bicyclic) bond motifs is 1. The molecule has 0 radical (unpaired) electrons. The maximum atomic E-state index is 5.37. The van der Waals surface area contributed by atoms with E-state index in [2.05, 4.69) is 77.6 Å². The lowest BCUT2D eigenvalue weighted by Gasteiger charge is -2.25. The number of para-hydroxylation sites is 1. The third-order valence-electron chi connectivity index (χ3n) is 4.90. The molecule has 0 saturated carbocycles. The van der Waals surface area contributed by atoms with E-state index in [0.29, 0.717) is 18.5 Å². The van der Waals surface area contributed by atoms with E-state index in [9.17, 15) is 0 Å². The zero-order valence-electron chi connectivity index (χ0n) is 16.8. The Morgan fingerprint density at radius 2 is 2.15 bits per heavy atom. The van der Waals surface area contributed by atoms with Crippen LogP contribution in [0, 0.1) is 0 Å². The van der Waals surface area contributed by atoms with E-state index in [1.807, 2.05) is 6.07 Å². The first-order chi connectivity index (χ1) is 13.1. The Balaban J connectivity index is 1.55. The summed E-state index contributed by atoms with van der Waals surface area (Å²) in [6, 6.07) is 11.2. The number of nitrogens with zero attached hydrogens (tertiary/aromatic N) is 3. The Bertz CT molecular complexity index is 767. The van der Waals surface area contributed by atoms with Crippen LogP contribution in [0.5, 0.6) is 0 Å². The van der Waals surface area contributed by atoms with E-state index in [1.165, 1.54) is 11.3 Å². The van der Waals surface area contributed by atoms with E-state index in [0.717, 1.165) is 43.5 Å². The third-order valence-corrected chi connectivity index (χ3v) is 4.90. The fourth-order valence-corrected chi connectivity index (χ4v) is 3.44. The molecule has 1 aliphatic rings. The van der Waals surface area contributed by atoms with Crippen LogP contribution in [0.4, 0.5) is 5.69 Å². The minimum atomic E-state index is 0.364. The van der Waals surface area contributed by atoms with Crippen LogP contribution in [0.3, 0.4) is 0 Å². The molecule has 3 rings (SSSR count). The molecule has 0 fully saturated rings. The molecule has 2 heterocycles. The summed E-state index contributed by atoms with van der Waals surface area (Å²) in [5.74, 6) is 1.96. The Morgan fingerprint density at radius 1 is 1.33 bits per heavy atom.